The zero-order chi connectivity index (χ0) is 12.8. The van der Waals surface area contributed by atoms with Gasteiger partial charge in [0.15, 0.2) is 5.82 Å². The average Bonchev–Trinajstić information content (AvgIpc) is 3.14. The van der Waals surface area contributed by atoms with Crippen molar-refractivity contribution < 1.29 is 5.11 Å². The van der Waals surface area contributed by atoms with Crippen molar-refractivity contribution in [1.82, 2.24) is 9.55 Å². The fourth-order valence-electron chi connectivity index (χ4n) is 2.47. The second-order valence-electron chi connectivity index (χ2n) is 5.68. The van der Waals surface area contributed by atoms with Crippen molar-refractivity contribution >= 4 is 5.82 Å². The van der Waals surface area contributed by atoms with Crippen LogP contribution < -0.4 is 10.5 Å². The molecule has 0 radical (unpaired) electrons. The molecule has 1 N–H and O–H groups in total. The Bertz CT molecular complexity index is 495. The summed E-state index contributed by atoms with van der Waals surface area (Å²) < 4.78 is 1.80. The Balaban J connectivity index is 1.84. The molecule has 0 unspecified atom stereocenters. The van der Waals surface area contributed by atoms with Gasteiger partial charge in [0.2, 0.25) is 0 Å². The van der Waals surface area contributed by atoms with Crippen LogP contribution in [0.15, 0.2) is 17.2 Å². The van der Waals surface area contributed by atoms with Crippen LogP contribution in [-0.4, -0.2) is 33.3 Å². The average molecular weight is 249 g/mol. The first-order valence-electron chi connectivity index (χ1n) is 6.61. The summed E-state index contributed by atoms with van der Waals surface area (Å²) in [5, 5.41) is 9.93. The zero-order valence-corrected chi connectivity index (χ0v) is 10.7. The fourth-order valence-corrected chi connectivity index (χ4v) is 2.47. The molecule has 5 heteroatoms. The van der Waals surface area contributed by atoms with Crippen LogP contribution in [0, 0.1) is 0 Å². The van der Waals surface area contributed by atoms with E-state index in [2.05, 4.69) is 4.98 Å². The Morgan fingerprint density at radius 1 is 1.39 bits per heavy atom. The molecule has 1 saturated carbocycles. The minimum Gasteiger partial charge on any atom is -0.390 e. The summed E-state index contributed by atoms with van der Waals surface area (Å²) in [5.74, 6) is 0.542. The van der Waals surface area contributed by atoms with Crippen LogP contribution in [-0.2, 0) is 0 Å². The van der Waals surface area contributed by atoms with E-state index in [9.17, 15) is 9.90 Å². The molecule has 1 aliphatic carbocycles. The minimum absolute atomic E-state index is 0.0153. The highest BCUT2D eigenvalue weighted by atomic mass is 16.3. The molecule has 3 rings (SSSR count). The van der Waals surface area contributed by atoms with Gasteiger partial charge in [0.1, 0.15) is 0 Å². The molecule has 1 aromatic rings. The van der Waals surface area contributed by atoms with Gasteiger partial charge < -0.3 is 14.6 Å². The lowest BCUT2D eigenvalue weighted by atomic mass is 9.94. The maximum atomic E-state index is 12.3. The van der Waals surface area contributed by atoms with E-state index >= 15 is 0 Å². The van der Waals surface area contributed by atoms with Crippen LogP contribution in [0.4, 0.5) is 5.82 Å². The van der Waals surface area contributed by atoms with E-state index in [0.717, 1.165) is 12.8 Å². The van der Waals surface area contributed by atoms with E-state index in [1.54, 1.807) is 17.0 Å². The fraction of sp³-hybridized carbons (Fsp3) is 0.692. The van der Waals surface area contributed by atoms with E-state index in [4.69, 9.17) is 0 Å². The largest absolute Gasteiger partial charge is 0.390 e. The molecule has 5 nitrogen and oxygen atoms in total. The predicted molar refractivity (Wildman–Crippen MR) is 68.8 cm³/mol. The van der Waals surface area contributed by atoms with Crippen molar-refractivity contribution in [3.63, 3.8) is 0 Å². The Morgan fingerprint density at radius 2 is 2.06 bits per heavy atom. The third kappa shape index (κ3) is 2.14. The lowest BCUT2D eigenvalue weighted by Gasteiger charge is -2.36. The van der Waals surface area contributed by atoms with Gasteiger partial charge in [-0.2, -0.15) is 0 Å². The molecular weight excluding hydrogens is 230 g/mol. The summed E-state index contributed by atoms with van der Waals surface area (Å²) in [6.45, 7) is 3.25. The third-order valence-corrected chi connectivity index (χ3v) is 3.93. The van der Waals surface area contributed by atoms with E-state index in [1.807, 2.05) is 11.8 Å². The Hall–Kier alpha value is -1.36. The van der Waals surface area contributed by atoms with Crippen molar-refractivity contribution in [2.75, 3.05) is 18.0 Å². The topological polar surface area (TPSA) is 58.4 Å². The molecule has 2 fully saturated rings. The van der Waals surface area contributed by atoms with E-state index in [-0.39, 0.29) is 5.56 Å². The summed E-state index contributed by atoms with van der Waals surface area (Å²) >= 11 is 0. The Kier molecular flexibility index (Phi) is 2.66. The standard InChI is InChI=1S/C13H19N3O2/c1-13(18)4-7-15(8-5-13)11-12(17)16(9-6-14-11)10-2-3-10/h6,9-10,18H,2-5,7-8H2,1H3. The summed E-state index contributed by atoms with van der Waals surface area (Å²) in [6.07, 6.45) is 7.06. The van der Waals surface area contributed by atoms with Crippen LogP contribution in [0.25, 0.3) is 0 Å². The molecule has 2 aliphatic rings. The van der Waals surface area contributed by atoms with Crippen LogP contribution in [0.1, 0.15) is 38.6 Å². The predicted octanol–water partition coefficient (Wildman–Crippen LogP) is 0.929. The summed E-state index contributed by atoms with van der Waals surface area (Å²) in [6, 6.07) is 0.382. The molecule has 0 bridgehead atoms. The first-order valence-corrected chi connectivity index (χ1v) is 6.61. The van der Waals surface area contributed by atoms with Crippen LogP contribution >= 0.6 is 0 Å². The van der Waals surface area contributed by atoms with Gasteiger partial charge in [-0.3, -0.25) is 4.79 Å². The number of anilines is 1. The highest BCUT2D eigenvalue weighted by molar-refractivity contribution is 5.36. The molecule has 1 saturated heterocycles. The lowest BCUT2D eigenvalue weighted by Crippen LogP contribution is -2.45. The van der Waals surface area contributed by atoms with Crippen molar-refractivity contribution in [3.05, 3.63) is 22.7 Å². The molecular formula is C13H19N3O2. The number of hydrogen-bond acceptors (Lipinski definition) is 4. The van der Waals surface area contributed by atoms with E-state index in [0.29, 0.717) is 37.8 Å². The SMILES string of the molecule is CC1(O)CCN(c2nccn(C3CC3)c2=O)CC1. The second kappa shape index (κ2) is 4.09. The molecule has 0 aromatic carbocycles. The summed E-state index contributed by atoms with van der Waals surface area (Å²) in [4.78, 5) is 18.5. The van der Waals surface area contributed by atoms with Gasteiger partial charge in [-0.1, -0.05) is 0 Å². The Morgan fingerprint density at radius 3 is 2.67 bits per heavy atom. The molecule has 0 amide bonds. The van der Waals surface area contributed by atoms with Crippen LogP contribution in [0.2, 0.25) is 0 Å². The number of aromatic nitrogens is 2. The van der Waals surface area contributed by atoms with E-state index < -0.39 is 5.60 Å². The van der Waals surface area contributed by atoms with Gasteiger partial charge in [-0.15, -0.1) is 0 Å². The number of piperidine rings is 1. The Labute approximate surface area is 106 Å². The van der Waals surface area contributed by atoms with Gasteiger partial charge in [0, 0.05) is 31.5 Å². The van der Waals surface area contributed by atoms with Crippen molar-refractivity contribution in [1.29, 1.82) is 0 Å². The van der Waals surface area contributed by atoms with Gasteiger partial charge >= 0.3 is 0 Å². The van der Waals surface area contributed by atoms with Crippen molar-refractivity contribution in [3.8, 4) is 0 Å². The maximum absolute atomic E-state index is 12.3. The summed E-state index contributed by atoms with van der Waals surface area (Å²) in [5.41, 5.74) is -0.581. The smallest absolute Gasteiger partial charge is 0.293 e. The van der Waals surface area contributed by atoms with Gasteiger partial charge in [-0.25, -0.2) is 4.98 Å². The first kappa shape index (κ1) is 11.7. The quantitative estimate of drug-likeness (QED) is 0.847. The van der Waals surface area contributed by atoms with Gasteiger partial charge in [0.05, 0.1) is 5.60 Å². The first-order chi connectivity index (χ1) is 8.57. The maximum Gasteiger partial charge on any atom is 0.293 e. The third-order valence-electron chi connectivity index (χ3n) is 3.93. The van der Waals surface area contributed by atoms with Gasteiger partial charge in [-0.05, 0) is 32.6 Å². The lowest BCUT2D eigenvalue weighted by molar-refractivity contribution is 0.0349. The van der Waals surface area contributed by atoms with Crippen LogP contribution in [0.3, 0.4) is 0 Å². The number of nitrogens with zero attached hydrogens (tertiary/aromatic N) is 3. The molecule has 1 aromatic heterocycles. The zero-order valence-electron chi connectivity index (χ0n) is 10.7. The normalized spacial score (nSPS) is 23.1. The summed E-state index contributed by atoms with van der Waals surface area (Å²) in [7, 11) is 0. The minimum atomic E-state index is -0.596. The van der Waals surface area contributed by atoms with Crippen molar-refractivity contribution in [2.45, 2.75) is 44.2 Å². The molecule has 2 heterocycles. The van der Waals surface area contributed by atoms with Gasteiger partial charge in [0.25, 0.3) is 5.56 Å². The molecule has 98 valence electrons. The number of hydrogen-bond donors (Lipinski definition) is 1. The monoisotopic (exact) mass is 249 g/mol. The van der Waals surface area contributed by atoms with E-state index in [1.165, 1.54) is 0 Å². The number of aliphatic hydroxyl groups is 1. The molecule has 1 aliphatic heterocycles. The highest BCUT2D eigenvalue weighted by Crippen LogP contribution is 2.33. The molecule has 18 heavy (non-hydrogen) atoms. The van der Waals surface area contributed by atoms with Crippen molar-refractivity contribution in [2.24, 2.45) is 0 Å². The molecule has 0 atom stereocenters. The molecule has 0 spiro atoms. The highest BCUT2D eigenvalue weighted by Gasteiger charge is 2.30. The second-order valence-corrected chi connectivity index (χ2v) is 5.68. The van der Waals surface area contributed by atoms with Crippen LogP contribution in [0.5, 0.6) is 0 Å². The number of rotatable bonds is 2.